The third kappa shape index (κ3) is 5.09. The largest absolute Gasteiger partial charge is 0.341 e. The van der Waals surface area contributed by atoms with Gasteiger partial charge in [-0.05, 0) is 64.2 Å². The molecule has 4 aliphatic heterocycles. The molecule has 178 valence electrons. The van der Waals surface area contributed by atoms with E-state index >= 15 is 0 Å². The van der Waals surface area contributed by atoms with Crippen molar-refractivity contribution in [3.63, 3.8) is 0 Å². The Morgan fingerprint density at radius 2 is 0.906 bits per heavy atom. The minimum atomic E-state index is -0.288. The Labute approximate surface area is 191 Å². The van der Waals surface area contributed by atoms with Crippen molar-refractivity contribution in [3.05, 3.63) is 0 Å². The summed E-state index contributed by atoms with van der Waals surface area (Å²) in [5.41, 5.74) is 0. The number of hydrogen-bond donors (Lipinski definition) is 0. The average Bonchev–Trinajstić information content (AvgIpc) is 3.61. The molecule has 0 radical (unpaired) electrons. The molecule has 0 aliphatic carbocycles. The first-order valence-corrected chi connectivity index (χ1v) is 12.7. The van der Waals surface area contributed by atoms with Gasteiger partial charge >= 0.3 is 0 Å². The number of rotatable bonds is 7. The monoisotopic (exact) mass is 446 g/mol. The highest BCUT2D eigenvalue weighted by Crippen LogP contribution is 2.25. The maximum Gasteiger partial charge on any atom is 0.245 e. The zero-order valence-corrected chi connectivity index (χ0v) is 19.3. The lowest BCUT2D eigenvalue weighted by Crippen LogP contribution is -2.47. The normalized spacial score (nSPS) is 25.8. The topological polar surface area (TPSA) is 81.2 Å². The summed E-state index contributed by atoms with van der Waals surface area (Å²) in [6, 6.07) is -0.576. The highest BCUT2D eigenvalue weighted by molar-refractivity contribution is 5.89. The summed E-state index contributed by atoms with van der Waals surface area (Å²) in [6.45, 7) is 4.59. The molecule has 0 spiro atoms. The molecule has 0 unspecified atom stereocenters. The van der Waals surface area contributed by atoms with Gasteiger partial charge < -0.3 is 19.6 Å². The molecule has 0 aromatic rings. The lowest BCUT2D eigenvalue weighted by Gasteiger charge is -2.28. The van der Waals surface area contributed by atoms with Crippen molar-refractivity contribution in [2.45, 2.75) is 89.1 Å². The van der Waals surface area contributed by atoms with E-state index in [0.29, 0.717) is 38.8 Å². The Hall–Kier alpha value is -2.12. The van der Waals surface area contributed by atoms with Gasteiger partial charge in [0.1, 0.15) is 12.1 Å². The van der Waals surface area contributed by atoms with Crippen LogP contribution in [0.3, 0.4) is 0 Å². The quantitative estimate of drug-likeness (QED) is 0.558. The molecule has 0 aromatic carbocycles. The molecule has 4 heterocycles. The van der Waals surface area contributed by atoms with Gasteiger partial charge in [-0.15, -0.1) is 0 Å². The van der Waals surface area contributed by atoms with Crippen LogP contribution in [0.25, 0.3) is 0 Å². The highest BCUT2D eigenvalue weighted by atomic mass is 16.2. The smallest absolute Gasteiger partial charge is 0.245 e. The Balaban J connectivity index is 1.19. The van der Waals surface area contributed by atoms with Gasteiger partial charge in [0.25, 0.3) is 0 Å². The predicted octanol–water partition coefficient (Wildman–Crippen LogP) is 1.77. The Morgan fingerprint density at radius 3 is 1.28 bits per heavy atom. The van der Waals surface area contributed by atoms with E-state index in [9.17, 15) is 19.2 Å². The second-order valence-electron chi connectivity index (χ2n) is 9.76. The Kier molecular flexibility index (Phi) is 7.68. The number of nitrogens with zero attached hydrogens (tertiary/aromatic N) is 4. The molecule has 4 saturated heterocycles. The van der Waals surface area contributed by atoms with Crippen LogP contribution in [0.2, 0.25) is 0 Å². The van der Waals surface area contributed by atoms with Crippen molar-refractivity contribution >= 4 is 23.6 Å². The first-order valence-electron chi connectivity index (χ1n) is 12.7. The maximum absolute atomic E-state index is 12.8. The molecule has 4 rings (SSSR count). The Bertz CT molecular complexity index is 655. The van der Waals surface area contributed by atoms with Crippen molar-refractivity contribution in [3.8, 4) is 0 Å². The zero-order valence-electron chi connectivity index (χ0n) is 19.3. The van der Waals surface area contributed by atoms with Crippen LogP contribution in [0.1, 0.15) is 77.0 Å². The number of hydrogen-bond acceptors (Lipinski definition) is 4. The first-order chi connectivity index (χ1) is 15.6. The van der Waals surface area contributed by atoms with Gasteiger partial charge in [-0.25, -0.2) is 0 Å². The second kappa shape index (κ2) is 10.7. The summed E-state index contributed by atoms with van der Waals surface area (Å²) in [5.74, 6) is 0.309. The summed E-state index contributed by atoms with van der Waals surface area (Å²) in [6.07, 6.45) is 9.58. The van der Waals surface area contributed by atoms with Gasteiger partial charge in [0.15, 0.2) is 0 Å². The number of likely N-dealkylation sites (tertiary alicyclic amines) is 4. The third-order valence-corrected chi connectivity index (χ3v) is 7.58. The molecule has 4 fully saturated rings. The Morgan fingerprint density at radius 1 is 0.531 bits per heavy atom. The van der Waals surface area contributed by atoms with Crippen molar-refractivity contribution < 1.29 is 19.2 Å². The average molecular weight is 447 g/mol. The molecular weight excluding hydrogens is 408 g/mol. The molecule has 0 N–H and O–H groups in total. The fraction of sp³-hybridized carbons (Fsp3) is 0.833. The third-order valence-electron chi connectivity index (χ3n) is 7.58. The van der Waals surface area contributed by atoms with Crippen molar-refractivity contribution in [1.29, 1.82) is 0 Å². The van der Waals surface area contributed by atoms with E-state index in [0.717, 1.165) is 77.5 Å². The number of unbranched alkanes of at least 4 members (excludes halogenated alkanes) is 1. The molecule has 8 nitrogen and oxygen atoms in total. The van der Waals surface area contributed by atoms with Gasteiger partial charge in [-0.3, -0.25) is 19.2 Å². The van der Waals surface area contributed by atoms with E-state index in [1.165, 1.54) is 0 Å². The van der Waals surface area contributed by atoms with E-state index in [4.69, 9.17) is 0 Å². The fourth-order valence-corrected chi connectivity index (χ4v) is 5.78. The fourth-order valence-electron chi connectivity index (χ4n) is 5.78. The van der Waals surface area contributed by atoms with Crippen LogP contribution in [-0.2, 0) is 19.2 Å². The highest BCUT2D eigenvalue weighted by Gasteiger charge is 2.38. The van der Waals surface area contributed by atoms with Crippen LogP contribution in [0.15, 0.2) is 0 Å². The van der Waals surface area contributed by atoms with Gasteiger partial charge in [0, 0.05) is 52.1 Å². The van der Waals surface area contributed by atoms with Crippen molar-refractivity contribution in [2.24, 2.45) is 0 Å². The van der Waals surface area contributed by atoms with Crippen molar-refractivity contribution in [1.82, 2.24) is 19.6 Å². The van der Waals surface area contributed by atoms with E-state index in [-0.39, 0.29) is 35.7 Å². The predicted molar refractivity (Wildman–Crippen MR) is 120 cm³/mol. The van der Waals surface area contributed by atoms with Crippen LogP contribution in [0.5, 0.6) is 0 Å². The number of carbonyl (C=O) groups is 4. The summed E-state index contributed by atoms with van der Waals surface area (Å²) >= 11 is 0. The van der Waals surface area contributed by atoms with E-state index in [1.807, 2.05) is 9.80 Å². The summed E-state index contributed by atoms with van der Waals surface area (Å²) < 4.78 is 0. The van der Waals surface area contributed by atoms with Crippen LogP contribution in [0, 0.1) is 0 Å². The minimum Gasteiger partial charge on any atom is -0.341 e. The minimum absolute atomic E-state index is 0.0377. The summed E-state index contributed by atoms with van der Waals surface area (Å²) in [4.78, 5) is 58.4. The van der Waals surface area contributed by atoms with Crippen LogP contribution in [0.4, 0.5) is 0 Å². The van der Waals surface area contributed by atoms with Gasteiger partial charge in [0.05, 0.1) is 0 Å². The lowest BCUT2D eigenvalue weighted by molar-refractivity contribution is -0.143. The van der Waals surface area contributed by atoms with Gasteiger partial charge in [-0.1, -0.05) is 0 Å². The van der Waals surface area contributed by atoms with Crippen LogP contribution < -0.4 is 0 Å². The molecule has 2 atom stereocenters. The van der Waals surface area contributed by atoms with Gasteiger partial charge in [-0.2, -0.15) is 0 Å². The standard InChI is InChI=1S/C24H38N4O4/c29-21(27-17-7-9-19(27)23(31)25-13-3-4-14-25)11-1-2-12-22(30)28-18-8-10-20(28)24(32)26-15-5-6-16-26/h19-20H,1-18H2/t19-,20-/m0/s1. The summed E-state index contributed by atoms with van der Waals surface area (Å²) in [7, 11) is 0. The van der Waals surface area contributed by atoms with Gasteiger partial charge in [0.2, 0.25) is 23.6 Å². The van der Waals surface area contributed by atoms with E-state index in [2.05, 4.69) is 0 Å². The molecular formula is C24H38N4O4. The molecule has 4 aliphatic rings. The molecule has 0 aromatic heterocycles. The van der Waals surface area contributed by atoms with Crippen LogP contribution >= 0.6 is 0 Å². The van der Waals surface area contributed by atoms with E-state index < -0.39 is 0 Å². The maximum atomic E-state index is 12.8. The second-order valence-corrected chi connectivity index (χ2v) is 9.76. The molecule has 0 saturated carbocycles. The van der Waals surface area contributed by atoms with E-state index in [1.54, 1.807) is 9.80 Å². The van der Waals surface area contributed by atoms with Crippen LogP contribution in [-0.4, -0.2) is 94.6 Å². The molecule has 0 bridgehead atoms. The number of amides is 4. The SMILES string of the molecule is O=C([C@@H]1CCCN1C(=O)CCCCC(=O)N1CCC[C@H]1C(=O)N1CCCC1)N1CCCC1. The lowest BCUT2D eigenvalue weighted by atomic mass is 10.1. The summed E-state index contributed by atoms with van der Waals surface area (Å²) in [5, 5.41) is 0. The van der Waals surface area contributed by atoms with Crippen molar-refractivity contribution in [2.75, 3.05) is 39.3 Å². The first kappa shape index (κ1) is 23.1. The molecule has 8 heteroatoms. The number of carbonyl (C=O) groups excluding carboxylic acids is 4. The zero-order chi connectivity index (χ0) is 22.5. The molecule has 4 amide bonds. The molecule has 32 heavy (non-hydrogen) atoms.